The zero-order valence-corrected chi connectivity index (χ0v) is 11.2. The van der Waals surface area contributed by atoms with Crippen LogP contribution in [0.3, 0.4) is 0 Å². The molecule has 3 nitrogen and oxygen atoms in total. The molecule has 0 bridgehead atoms. The molecule has 0 aliphatic heterocycles. The number of hydrogen-bond donors (Lipinski definition) is 1. The van der Waals surface area contributed by atoms with Crippen molar-refractivity contribution in [3.8, 4) is 0 Å². The van der Waals surface area contributed by atoms with Crippen molar-refractivity contribution >= 4 is 11.8 Å². The Morgan fingerprint density at radius 1 is 1.44 bits per heavy atom. The van der Waals surface area contributed by atoms with Gasteiger partial charge in [-0.3, -0.25) is 4.79 Å². The van der Waals surface area contributed by atoms with Gasteiger partial charge in [0.05, 0.1) is 0 Å². The van der Waals surface area contributed by atoms with E-state index in [-0.39, 0.29) is 11.3 Å². The van der Waals surface area contributed by atoms with Crippen LogP contribution >= 0.6 is 0 Å². The van der Waals surface area contributed by atoms with Gasteiger partial charge in [0.1, 0.15) is 5.78 Å². The summed E-state index contributed by atoms with van der Waals surface area (Å²) in [5.74, 6) is 0.102. The van der Waals surface area contributed by atoms with Gasteiger partial charge in [0.25, 0.3) is 0 Å². The predicted molar refractivity (Wildman–Crippen MR) is 66.9 cm³/mol. The zero-order chi connectivity index (χ0) is 13.3. The molecular weight excluding hydrogens is 228 g/mol. The van der Waals surface area contributed by atoms with Gasteiger partial charge < -0.3 is 5.11 Å². The van der Waals surface area contributed by atoms with Crippen LogP contribution in [0.5, 0.6) is 0 Å². The number of carbonyl (C=O) groups excluding carboxylic acids is 1. The topological polar surface area (TPSA) is 54.4 Å². The average Bonchev–Trinajstić information content (AvgIpc) is 2.79. The summed E-state index contributed by atoms with van der Waals surface area (Å²) in [6, 6.07) is 0. The number of hydrogen-bond acceptors (Lipinski definition) is 2. The average molecular weight is 248 g/mol. The van der Waals surface area contributed by atoms with E-state index in [9.17, 15) is 14.7 Å². The van der Waals surface area contributed by atoms with Crippen LogP contribution in [0.15, 0.2) is 11.6 Å². The monoisotopic (exact) mass is 248 g/mol. The lowest BCUT2D eigenvalue weighted by Crippen LogP contribution is -2.43. The van der Waals surface area contributed by atoms with Gasteiger partial charge in [-0.2, -0.15) is 0 Å². The number of carboxylic acids is 1. The number of Topliss-reactive ketones (excluding diaryl/α,β-unsaturated/α-hetero) is 1. The smallest absolute Gasteiger partial charge is 0.331 e. The van der Waals surface area contributed by atoms with Gasteiger partial charge >= 0.3 is 5.97 Å². The summed E-state index contributed by atoms with van der Waals surface area (Å²) >= 11 is 0. The van der Waals surface area contributed by atoms with Crippen LogP contribution in [0.25, 0.3) is 0 Å². The molecule has 2 fully saturated rings. The fourth-order valence-electron chi connectivity index (χ4n) is 5.38. The van der Waals surface area contributed by atoms with E-state index >= 15 is 0 Å². The molecule has 98 valence electrons. The zero-order valence-electron chi connectivity index (χ0n) is 11.2. The molecule has 3 aliphatic rings. The third-order valence-electron chi connectivity index (χ3n) is 6.03. The van der Waals surface area contributed by atoms with Crippen molar-refractivity contribution in [2.45, 2.75) is 40.0 Å². The summed E-state index contributed by atoms with van der Waals surface area (Å²) in [5.41, 5.74) is -0.183. The molecule has 5 atom stereocenters. The molecule has 0 aromatic heterocycles. The highest BCUT2D eigenvalue weighted by molar-refractivity contribution is 5.96. The Morgan fingerprint density at radius 2 is 2.11 bits per heavy atom. The van der Waals surface area contributed by atoms with Crippen molar-refractivity contribution in [2.75, 3.05) is 0 Å². The summed E-state index contributed by atoms with van der Waals surface area (Å²) in [4.78, 5) is 24.0. The summed E-state index contributed by atoms with van der Waals surface area (Å²) in [5, 5.41) is 9.34. The van der Waals surface area contributed by atoms with Gasteiger partial charge in [0, 0.05) is 23.3 Å². The van der Waals surface area contributed by atoms with Gasteiger partial charge in [-0.15, -0.1) is 0 Å². The first-order valence-electron chi connectivity index (χ1n) is 6.84. The van der Waals surface area contributed by atoms with E-state index in [0.29, 0.717) is 29.6 Å². The van der Waals surface area contributed by atoms with Crippen LogP contribution < -0.4 is 0 Å². The number of carbonyl (C=O) groups is 2. The molecule has 3 aliphatic carbocycles. The van der Waals surface area contributed by atoms with E-state index < -0.39 is 11.4 Å². The molecular formula is C15H20O3. The lowest BCUT2D eigenvalue weighted by Gasteiger charge is -2.40. The van der Waals surface area contributed by atoms with Gasteiger partial charge in [-0.25, -0.2) is 4.79 Å². The summed E-state index contributed by atoms with van der Waals surface area (Å²) in [7, 11) is 0. The van der Waals surface area contributed by atoms with Gasteiger partial charge in [-0.1, -0.05) is 26.8 Å². The number of aliphatic carboxylic acids is 1. The van der Waals surface area contributed by atoms with Crippen molar-refractivity contribution in [3.05, 3.63) is 11.6 Å². The molecule has 18 heavy (non-hydrogen) atoms. The van der Waals surface area contributed by atoms with Crippen LogP contribution in [0, 0.1) is 28.6 Å². The van der Waals surface area contributed by atoms with Crippen LogP contribution in [-0.2, 0) is 9.59 Å². The molecule has 3 unspecified atom stereocenters. The van der Waals surface area contributed by atoms with Gasteiger partial charge in [0.2, 0.25) is 0 Å². The van der Waals surface area contributed by atoms with Crippen molar-refractivity contribution < 1.29 is 14.7 Å². The van der Waals surface area contributed by atoms with Gasteiger partial charge in [0.15, 0.2) is 0 Å². The summed E-state index contributed by atoms with van der Waals surface area (Å²) in [6.45, 7) is 6.18. The normalized spacial score (nSPS) is 50.1. The molecule has 0 aromatic rings. The third-order valence-corrected chi connectivity index (χ3v) is 6.03. The first-order valence-corrected chi connectivity index (χ1v) is 6.84. The minimum Gasteiger partial charge on any atom is -0.478 e. The van der Waals surface area contributed by atoms with Crippen molar-refractivity contribution in [1.82, 2.24) is 0 Å². The molecule has 0 amide bonds. The molecule has 0 aromatic carbocycles. The maximum Gasteiger partial charge on any atom is 0.331 e. The Hall–Kier alpha value is -1.12. The standard InChI is InChI=1S/C15H20O3/c1-8-6-12(16)15-9(2)10(13(17)18)7-14(15,3)5-4-11(8)15/h7-9,11H,4-6H2,1-3H3,(H,17,18)/t8-,9?,11?,14+,15?/m0/s1. The Bertz CT molecular complexity index is 478. The third kappa shape index (κ3) is 1.03. The minimum atomic E-state index is -0.849. The molecule has 1 N–H and O–H groups in total. The van der Waals surface area contributed by atoms with E-state index in [2.05, 4.69) is 13.8 Å². The Labute approximate surface area is 107 Å². The second-order valence-electron chi connectivity index (χ2n) is 6.66. The lowest BCUT2D eigenvalue weighted by molar-refractivity contribution is -0.135. The maximum atomic E-state index is 12.6. The van der Waals surface area contributed by atoms with Crippen LogP contribution in [-0.4, -0.2) is 16.9 Å². The molecule has 0 heterocycles. The second-order valence-corrected chi connectivity index (χ2v) is 6.66. The Balaban J connectivity index is 2.18. The molecule has 1 spiro atoms. The van der Waals surface area contributed by atoms with Gasteiger partial charge in [-0.05, 0) is 30.1 Å². The number of allylic oxidation sites excluding steroid dienone is 1. The fourth-order valence-corrected chi connectivity index (χ4v) is 5.38. The van der Waals surface area contributed by atoms with E-state index in [1.807, 2.05) is 13.0 Å². The van der Waals surface area contributed by atoms with E-state index in [4.69, 9.17) is 0 Å². The largest absolute Gasteiger partial charge is 0.478 e. The first-order chi connectivity index (χ1) is 8.34. The van der Waals surface area contributed by atoms with Crippen molar-refractivity contribution in [1.29, 1.82) is 0 Å². The Morgan fingerprint density at radius 3 is 2.72 bits per heavy atom. The summed E-state index contributed by atoms with van der Waals surface area (Å²) < 4.78 is 0. The highest BCUT2D eigenvalue weighted by Crippen LogP contribution is 2.71. The van der Waals surface area contributed by atoms with Crippen LogP contribution in [0.1, 0.15) is 40.0 Å². The molecule has 2 saturated carbocycles. The molecule has 3 heteroatoms. The highest BCUT2D eigenvalue weighted by atomic mass is 16.4. The molecule has 3 rings (SSSR count). The molecule has 0 saturated heterocycles. The first kappa shape index (κ1) is 11.9. The fraction of sp³-hybridized carbons (Fsp3) is 0.733. The van der Waals surface area contributed by atoms with Crippen molar-refractivity contribution in [3.63, 3.8) is 0 Å². The van der Waals surface area contributed by atoms with E-state index in [1.165, 1.54) is 0 Å². The molecule has 0 radical (unpaired) electrons. The van der Waals surface area contributed by atoms with E-state index in [1.54, 1.807) is 0 Å². The SMILES string of the molecule is CC1C(C(=O)O)=C[C@@]2(C)CCC3[C@@H](C)CC(=O)C132. The second kappa shape index (κ2) is 3.25. The summed E-state index contributed by atoms with van der Waals surface area (Å²) in [6.07, 6.45) is 4.55. The van der Waals surface area contributed by atoms with Crippen LogP contribution in [0.4, 0.5) is 0 Å². The predicted octanol–water partition coefficient (Wildman–Crippen LogP) is 2.66. The maximum absolute atomic E-state index is 12.6. The number of rotatable bonds is 1. The lowest BCUT2D eigenvalue weighted by atomic mass is 9.60. The minimum absolute atomic E-state index is 0.134. The Kier molecular flexibility index (Phi) is 2.16. The van der Waals surface area contributed by atoms with E-state index in [0.717, 1.165) is 12.8 Å². The number of ketones is 1. The van der Waals surface area contributed by atoms with Crippen molar-refractivity contribution in [2.24, 2.45) is 28.6 Å². The highest BCUT2D eigenvalue weighted by Gasteiger charge is 2.71. The quantitative estimate of drug-likeness (QED) is 0.776. The number of carboxylic acid groups (broad SMARTS) is 1. The van der Waals surface area contributed by atoms with Crippen LogP contribution in [0.2, 0.25) is 0 Å².